The quantitative estimate of drug-likeness (QED) is 0.580. The molecule has 1 saturated carbocycles. The first kappa shape index (κ1) is 21.0. The Labute approximate surface area is 174 Å². The Morgan fingerprint density at radius 1 is 1.38 bits per heavy atom. The zero-order valence-corrected chi connectivity index (χ0v) is 17.5. The molecule has 6 nitrogen and oxygen atoms in total. The Kier molecular flexibility index (Phi) is 6.03. The molecule has 1 aromatic heterocycles. The summed E-state index contributed by atoms with van der Waals surface area (Å²) in [4.78, 5) is 37.9. The fourth-order valence-electron chi connectivity index (χ4n) is 3.91. The largest absolute Gasteiger partial charge is 0.350 e. The molecule has 3 unspecified atom stereocenters. The molecular formula is C22H24ClN3O3. The van der Waals surface area contributed by atoms with Gasteiger partial charge in [-0.3, -0.25) is 14.4 Å². The van der Waals surface area contributed by atoms with Crippen molar-refractivity contribution in [3.05, 3.63) is 58.9 Å². The van der Waals surface area contributed by atoms with Crippen LogP contribution in [-0.4, -0.2) is 33.3 Å². The van der Waals surface area contributed by atoms with Crippen molar-refractivity contribution in [1.82, 2.24) is 15.1 Å². The minimum Gasteiger partial charge on any atom is -0.350 e. The van der Waals surface area contributed by atoms with Crippen LogP contribution in [0.2, 0.25) is 5.02 Å². The van der Waals surface area contributed by atoms with E-state index in [1.165, 1.54) is 0 Å². The number of carbonyl (C=O) groups excluding carboxylic acids is 3. The smallest absolute Gasteiger partial charge is 0.221 e. The summed E-state index contributed by atoms with van der Waals surface area (Å²) in [7, 11) is 0. The van der Waals surface area contributed by atoms with E-state index in [1.807, 2.05) is 26.0 Å². The van der Waals surface area contributed by atoms with E-state index in [4.69, 9.17) is 11.6 Å². The summed E-state index contributed by atoms with van der Waals surface area (Å²) in [5, 5.41) is 7.48. The van der Waals surface area contributed by atoms with E-state index < -0.39 is 11.8 Å². The van der Waals surface area contributed by atoms with E-state index in [0.717, 1.165) is 22.4 Å². The molecule has 29 heavy (non-hydrogen) atoms. The minimum absolute atomic E-state index is 0.0151. The highest BCUT2D eigenvalue weighted by atomic mass is 35.5. The van der Waals surface area contributed by atoms with Crippen molar-refractivity contribution in [2.45, 2.75) is 45.6 Å². The maximum Gasteiger partial charge on any atom is 0.221 e. The Morgan fingerprint density at radius 3 is 2.59 bits per heavy atom. The molecule has 1 amide bonds. The topological polar surface area (TPSA) is 81.1 Å². The molecule has 1 fully saturated rings. The van der Waals surface area contributed by atoms with Gasteiger partial charge in [0.05, 0.1) is 16.9 Å². The van der Waals surface area contributed by atoms with Crippen molar-refractivity contribution in [3.63, 3.8) is 0 Å². The molecule has 0 aliphatic heterocycles. The standard InChI is InChI=1S/C22H24ClN3O3/c1-5-14(4)25-19(28)9-15-8-18(27)21(22(15)29)20-12(2)6-17(7-13(20)3)26-11-16(23)10-24-26/h5-7,10-11,14-15,21H,1,8-9H2,2-4H3,(H,25,28). The molecule has 1 aliphatic rings. The molecule has 152 valence electrons. The van der Waals surface area contributed by atoms with Crippen LogP contribution in [0.5, 0.6) is 0 Å². The van der Waals surface area contributed by atoms with Gasteiger partial charge in [0.15, 0.2) is 5.78 Å². The van der Waals surface area contributed by atoms with Gasteiger partial charge in [-0.1, -0.05) is 17.7 Å². The van der Waals surface area contributed by atoms with Gasteiger partial charge < -0.3 is 5.32 Å². The van der Waals surface area contributed by atoms with E-state index in [2.05, 4.69) is 17.0 Å². The summed E-state index contributed by atoms with van der Waals surface area (Å²) in [6, 6.07) is 3.59. The van der Waals surface area contributed by atoms with Crippen molar-refractivity contribution < 1.29 is 14.4 Å². The average Bonchev–Trinajstić information content (AvgIpc) is 3.19. The van der Waals surface area contributed by atoms with Crippen LogP contribution < -0.4 is 5.32 Å². The Morgan fingerprint density at radius 2 is 2.03 bits per heavy atom. The monoisotopic (exact) mass is 413 g/mol. The molecule has 3 atom stereocenters. The van der Waals surface area contributed by atoms with Crippen molar-refractivity contribution in [2.75, 3.05) is 0 Å². The zero-order chi connectivity index (χ0) is 21.3. The Bertz CT molecular complexity index is 972. The molecule has 0 radical (unpaired) electrons. The second-order valence-corrected chi connectivity index (χ2v) is 8.03. The number of aryl methyl sites for hydroxylation is 2. The fraction of sp³-hybridized carbons (Fsp3) is 0.364. The van der Waals surface area contributed by atoms with Gasteiger partial charge >= 0.3 is 0 Å². The van der Waals surface area contributed by atoms with Gasteiger partial charge in [0.25, 0.3) is 0 Å². The predicted molar refractivity (Wildman–Crippen MR) is 111 cm³/mol. The van der Waals surface area contributed by atoms with Crippen LogP contribution in [0, 0.1) is 19.8 Å². The number of carbonyl (C=O) groups is 3. The lowest BCUT2D eigenvalue weighted by molar-refractivity contribution is -0.128. The van der Waals surface area contributed by atoms with Crippen molar-refractivity contribution in [1.29, 1.82) is 0 Å². The summed E-state index contributed by atoms with van der Waals surface area (Å²) in [6.45, 7) is 9.18. The summed E-state index contributed by atoms with van der Waals surface area (Å²) in [5.74, 6) is -1.97. The number of halogens is 1. The summed E-state index contributed by atoms with van der Waals surface area (Å²) < 4.78 is 1.65. The van der Waals surface area contributed by atoms with Gasteiger partial charge in [0.1, 0.15) is 11.7 Å². The van der Waals surface area contributed by atoms with Gasteiger partial charge in [0, 0.05) is 31.0 Å². The highest BCUT2D eigenvalue weighted by Crippen LogP contribution is 2.37. The maximum atomic E-state index is 13.0. The van der Waals surface area contributed by atoms with Crippen LogP contribution in [-0.2, 0) is 14.4 Å². The molecular weight excluding hydrogens is 390 g/mol. The summed E-state index contributed by atoms with van der Waals surface area (Å²) in [6.07, 6.45) is 4.96. The molecule has 1 aliphatic carbocycles. The van der Waals surface area contributed by atoms with Crippen molar-refractivity contribution in [3.8, 4) is 5.69 Å². The molecule has 7 heteroatoms. The number of aromatic nitrogens is 2. The first-order valence-corrected chi connectivity index (χ1v) is 9.89. The lowest BCUT2D eigenvalue weighted by Crippen LogP contribution is -2.33. The highest BCUT2D eigenvalue weighted by molar-refractivity contribution is 6.30. The molecule has 0 bridgehead atoms. The van der Waals surface area contributed by atoms with Crippen LogP contribution >= 0.6 is 11.6 Å². The van der Waals surface area contributed by atoms with Gasteiger partial charge in [-0.15, -0.1) is 6.58 Å². The Hall–Kier alpha value is -2.73. The van der Waals surface area contributed by atoms with Crippen LogP contribution in [0.25, 0.3) is 5.69 Å². The number of ketones is 2. The van der Waals surface area contributed by atoms with Crippen molar-refractivity contribution in [2.24, 2.45) is 5.92 Å². The number of nitrogens with zero attached hydrogens (tertiary/aromatic N) is 2. The van der Waals surface area contributed by atoms with Gasteiger partial charge in [-0.25, -0.2) is 4.68 Å². The van der Waals surface area contributed by atoms with Crippen LogP contribution in [0.3, 0.4) is 0 Å². The lowest BCUT2D eigenvalue weighted by Gasteiger charge is -2.17. The lowest BCUT2D eigenvalue weighted by atomic mass is 9.87. The van der Waals surface area contributed by atoms with E-state index >= 15 is 0 Å². The van der Waals surface area contributed by atoms with Gasteiger partial charge in [-0.05, 0) is 49.6 Å². The third-order valence-electron chi connectivity index (χ3n) is 5.31. The maximum absolute atomic E-state index is 13.0. The average molecular weight is 414 g/mol. The second kappa shape index (κ2) is 8.33. The SMILES string of the molecule is C=CC(C)NC(=O)CC1CC(=O)C(c2c(C)cc(-n3cc(Cl)cn3)cc2C)C1=O. The van der Waals surface area contributed by atoms with E-state index in [0.29, 0.717) is 5.02 Å². The third kappa shape index (κ3) is 4.32. The van der Waals surface area contributed by atoms with Crippen LogP contribution in [0.4, 0.5) is 0 Å². The van der Waals surface area contributed by atoms with E-state index in [9.17, 15) is 14.4 Å². The predicted octanol–water partition coefficient (Wildman–Crippen LogP) is 3.47. The zero-order valence-electron chi connectivity index (χ0n) is 16.7. The first-order chi connectivity index (χ1) is 13.7. The molecule has 0 spiro atoms. The molecule has 1 N–H and O–H groups in total. The summed E-state index contributed by atoms with van der Waals surface area (Å²) >= 11 is 5.95. The first-order valence-electron chi connectivity index (χ1n) is 9.51. The van der Waals surface area contributed by atoms with E-state index in [-0.39, 0.29) is 36.4 Å². The minimum atomic E-state index is -0.820. The second-order valence-electron chi connectivity index (χ2n) is 7.60. The molecule has 1 heterocycles. The fourth-order valence-corrected chi connectivity index (χ4v) is 4.04. The van der Waals surface area contributed by atoms with Crippen LogP contribution in [0.15, 0.2) is 37.2 Å². The van der Waals surface area contributed by atoms with Crippen molar-refractivity contribution >= 4 is 29.1 Å². The number of amides is 1. The number of benzene rings is 1. The molecule has 2 aromatic rings. The highest BCUT2D eigenvalue weighted by Gasteiger charge is 2.43. The normalized spacial score (nSPS) is 20.0. The van der Waals surface area contributed by atoms with Crippen LogP contribution in [0.1, 0.15) is 42.4 Å². The number of rotatable bonds is 6. The van der Waals surface area contributed by atoms with E-state index in [1.54, 1.807) is 30.1 Å². The molecule has 1 aromatic carbocycles. The van der Waals surface area contributed by atoms with Gasteiger partial charge in [-0.2, -0.15) is 5.10 Å². The number of hydrogen-bond acceptors (Lipinski definition) is 4. The third-order valence-corrected chi connectivity index (χ3v) is 5.51. The summed E-state index contributed by atoms with van der Waals surface area (Å²) in [5.41, 5.74) is 3.21. The molecule has 0 saturated heterocycles. The Balaban J connectivity index is 1.85. The number of Topliss-reactive ketones (excluding diaryl/α,β-unsaturated/α-hetero) is 2. The number of nitrogens with one attached hydrogen (secondary N) is 1. The molecule has 3 rings (SSSR count). The van der Waals surface area contributed by atoms with Gasteiger partial charge in [0.2, 0.25) is 5.91 Å². The number of hydrogen-bond donors (Lipinski definition) is 1.